The van der Waals surface area contributed by atoms with E-state index in [1.807, 2.05) is 0 Å². The molecule has 0 radical (unpaired) electrons. The van der Waals surface area contributed by atoms with Crippen LogP contribution >= 0.6 is 0 Å². The molecule has 0 unspecified atom stereocenters. The molecule has 8 heteroatoms. The van der Waals surface area contributed by atoms with Crippen LogP contribution in [0.4, 0.5) is 11.4 Å². The lowest BCUT2D eigenvalue weighted by Gasteiger charge is -2.30. The van der Waals surface area contributed by atoms with E-state index in [0.717, 1.165) is 10.6 Å². The largest absolute Gasteiger partial charge is 0.465 e. The quantitative estimate of drug-likeness (QED) is 0.716. The summed E-state index contributed by atoms with van der Waals surface area (Å²) in [5.74, 6) is -0.996. The molecule has 1 atom stereocenters. The predicted octanol–water partition coefficient (Wildman–Crippen LogP) is 2.96. The fourth-order valence-corrected chi connectivity index (χ4v) is 4.17. The van der Waals surface area contributed by atoms with Crippen molar-refractivity contribution in [3.05, 3.63) is 59.7 Å². The van der Waals surface area contributed by atoms with Gasteiger partial charge in [0.25, 0.3) is 0 Å². The molecule has 150 valence electrons. The number of carbonyl (C=O) groups is 2. The second kappa shape index (κ2) is 8.88. The minimum atomic E-state index is -3.70. The van der Waals surface area contributed by atoms with Crippen LogP contribution in [0.15, 0.2) is 48.5 Å². The highest BCUT2D eigenvalue weighted by Crippen LogP contribution is 2.24. The summed E-state index contributed by atoms with van der Waals surface area (Å²) >= 11 is 0. The summed E-state index contributed by atoms with van der Waals surface area (Å²) in [6.45, 7) is 3.43. The number of nitrogens with one attached hydrogen (secondary N) is 1. The number of sulfonamides is 1. The fraction of sp³-hybridized carbons (Fsp3) is 0.300. The summed E-state index contributed by atoms with van der Waals surface area (Å²) in [6, 6.07) is 12.4. The van der Waals surface area contributed by atoms with Crippen LogP contribution < -0.4 is 9.62 Å². The smallest absolute Gasteiger partial charge is 0.338 e. The fourth-order valence-electron chi connectivity index (χ4n) is 2.95. The second-order valence-corrected chi connectivity index (χ2v) is 8.14. The summed E-state index contributed by atoms with van der Waals surface area (Å²) in [6.07, 6.45) is 1.34. The lowest BCUT2D eigenvalue weighted by molar-refractivity contribution is -0.117. The Morgan fingerprint density at radius 1 is 1.11 bits per heavy atom. The number of carbonyl (C=O) groups excluding carboxylic acids is 2. The molecule has 0 bridgehead atoms. The number of methoxy groups -OCH3 is 1. The number of para-hydroxylation sites is 1. The van der Waals surface area contributed by atoms with Crippen molar-refractivity contribution in [1.29, 1.82) is 0 Å². The molecule has 0 spiro atoms. The number of hydrogen-bond donors (Lipinski definition) is 1. The number of nitrogens with zero attached hydrogens (tertiary/aromatic N) is 1. The summed E-state index contributed by atoms with van der Waals surface area (Å²) in [7, 11) is -2.42. The molecule has 0 saturated carbocycles. The minimum Gasteiger partial charge on any atom is -0.465 e. The lowest BCUT2D eigenvalue weighted by atomic mass is 10.1. The van der Waals surface area contributed by atoms with Gasteiger partial charge in [-0.15, -0.1) is 0 Å². The Hall–Kier alpha value is -2.87. The van der Waals surface area contributed by atoms with Crippen molar-refractivity contribution in [2.75, 3.05) is 23.0 Å². The van der Waals surface area contributed by atoms with E-state index < -0.39 is 27.9 Å². The number of hydrogen-bond acceptors (Lipinski definition) is 5. The monoisotopic (exact) mass is 404 g/mol. The maximum atomic E-state index is 13.0. The van der Waals surface area contributed by atoms with E-state index in [4.69, 9.17) is 4.74 Å². The molecular weight excluding hydrogens is 380 g/mol. The molecule has 2 rings (SSSR count). The molecule has 1 amide bonds. The third-order valence-electron chi connectivity index (χ3n) is 4.34. The van der Waals surface area contributed by atoms with Crippen molar-refractivity contribution in [2.45, 2.75) is 26.3 Å². The van der Waals surface area contributed by atoms with Crippen molar-refractivity contribution in [3.63, 3.8) is 0 Å². The minimum absolute atomic E-state index is 0.267. The van der Waals surface area contributed by atoms with E-state index in [2.05, 4.69) is 5.32 Å². The number of esters is 1. The van der Waals surface area contributed by atoms with Crippen LogP contribution in [0.5, 0.6) is 0 Å². The summed E-state index contributed by atoms with van der Waals surface area (Å²) < 4.78 is 30.7. The first-order valence-corrected chi connectivity index (χ1v) is 10.6. The third kappa shape index (κ3) is 4.69. The SMILES string of the molecule is CC[C@H](C(=O)Nc1cccc(C(=O)OC)c1C)N(c1ccccc1)S(C)(=O)=O. The van der Waals surface area contributed by atoms with Gasteiger partial charge in [0.15, 0.2) is 0 Å². The number of amides is 1. The number of benzene rings is 2. The van der Waals surface area contributed by atoms with Gasteiger partial charge in [0.2, 0.25) is 15.9 Å². The van der Waals surface area contributed by atoms with Crippen LogP contribution in [-0.4, -0.2) is 39.7 Å². The van der Waals surface area contributed by atoms with E-state index in [1.54, 1.807) is 62.4 Å². The van der Waals surface area contributed by atoms with Crippen molar-refractivity contribution in [1.82, 2.24) is 0 Å². The van der Waals surface area contributed by atoms with Crippen molar-refractivity contribution in [3.8, 4) is 0 Å². The van der Waals surface area contributed by atoms with Gasteiger partial charge in [-0.1, -0.05) is 31.2 Å². The summed E-state index contributed by atoms with van der Waals surface area (Å²) in [5, 5.41) is 2.75. The second-order valence-electron chi connectivity index (χ2n) is 6.28. The highest BCUT2D eigenvalue weighted by Gasteiger charge is 2.31. The standard InChI is InChI=1S/C20H24N2O5S/c1-5-18(22(28(4,25)26)15-10-7-6-8-11-15)19(23)21-17-13-9-12-16(14(17)2)20(24)27-3/h6-13,18H,5H2,1-4H3,(H,21,23)/t18-/m1/s1. The van der Waals surface area contributed by atoms with Gasteiger partial charge in [0, 0.05) is 5.69 Å². The first-order chi connectivity index (χ1) is 13.2. The molecule has 0 heterocycles. The molecule has 1 N–H and O–H groups in total. The molecule has 28 heavy (non-hydrogen) atoms. The molecule has 2 aromatic rings. The molecular formula is C20H24N2O5S. The molecule has 0 aromatic heterocycles. The van der Waals surface area contributed by atoms with Gasteiger partial charge in [0.05, 0.1) is 24.6 Å². The Kier molecular flexibility index (Phi) is 6.80. The number of rotatable bonds is 7. The summed E-state index contributed by atoms with van der Waals surface area (Å²) in [5.41, 5.74) is 1.71. The van der Waals surface area contributed by atoms with Crippen LogP contribution in [0.2, 0.25) is 0 Å². The van der Waals surface area contributed by atoms with Gasteiger partial charge in [0.1, 0.15) is 6.04 Å². The van der Waals surface area contributed by atoms with E-state index in [9.17, 15) is 18.0 Å². The van der Waals surface area contributed by atoms with Crippen LogP contribution in [0.1, 0.15) is 29.3 Å². The zero-order chi connectivity index (χ0) is 20.9. The molecule has 0 saturated heterocycles. The Morgan fingerprint density at radius 2 is 1.75 bits per heavy atom. The van der Waals surface area contributed by atoms with Gasteiger partial charge in [-0.3, -0.25) is 9.10 Å². The average molecular weight is 404 g/mol. The average Bonchev–Trinajstić information content (AvgIpc) is 2.66. The van der Waals surface area contributed by atoms with Crippen molar-refractivity contribution >= 4 is 33.3 Å². The Morgan fingerprint density at radius 3 is 2.29 bits per heavy atom. The topological polar surface area (TPSA) is 92.8 Å². The van der Waals surface area contributed by atoms with E-state index in [1.165, 1.54) is 7.11 Å². The van der Waals surface area contributed by atoms with E-state index >= 15 is 0 Å². The maximum Gasteiger partial charge on any atom is 0.338 e. The first-order valence-electron chi connectivity index (χ1n) is 8.74. The van der Waals surface area contributed by atoms with Gasteiger partial charge < -0.3 is 10.1 Å². The lowest BCUT2D eigenvalue weighted by Crippen LogP contribution is -2.47. The Labute approximate surface area is 165 Å². The molecule has 0 aliphatic heterocycles. The summed E-state index contributed by atoms with van der Waals surface area (Å²) in [4.78, 5) is 24.8. The number of anilines is 2. The van der Waals surface area contributed by atoms with E-state index in [-0.39, 0.29) is 6.42 Å². The van der Waals surface area contributed by atoms with Gasteiger partial charge in [-0.05, 0) is 43.2 Å². The van der Waals surface area contributed by atoms with Crippen molar-refractivity contribution in [2.24, 2.45) is 0 Å². The van der Waals surface area contributed by atoms with Crippen LogP contribution in [0.3, 0.4) is 0 Å². The van der Waals surface area contributed by atoms with Crippen LogP contribution in [0.25, 0.3) is 0 Å². The van der Waals surface area contributed by atoms with Crippen LogP contribution in [-0.2, 0) is 19.6 Å². The highest BCUT2D eigenvalue weighted by atomic mass is 32.2. The van der Waals surface area contributed by atoms with Gasteiger partial charge in [-0.2, -0.15) is 0 Å². The molecule has 0 fully saturated rings. The van der Waals surface area contributed by atoms with Gasteiger partial charge in [-0.25, -0.2) is 13.2 Å². The molecule has 7 nitrogen and oxygen atoms in total. The zero-order valence-corrected chi connectivity index (χ0v) is 17.1. The first kappa shape index (κ1) is 21.4. The van der Waals surface area contributed by atoms with Gasteiger partial charge >= 0.3 is 5.97 Å². The maximum absolute atomic E-state index is 13.0. The highest BCUT2D eigenvalue weighted by molar-refractivity contribution is 7.92. The van der Waals surface area contributed by atoms with E-state index in [0.29, 0.717) is 22.5 Å². The number of ether oxygens (including phenoxy) is 1. The molecule has 2 aromatic carbocycles. The zero-order valence-electron chi connectivity index (χ0n) is 16.3. The Balaban J connectivity index is 2.39. The normalized spacial score (nSPS) is 12.1. The van der Waals surface area contributed by atoms with Crippen LogP contribution in [0, 0.1) is 6.92 Å². The third-order valence-corrected chi connectivity index (χ3v) is 5.52. The molecule has 0 aliphatic rings. The molecule has 0 aliphatic carbocycles. The Bertz CT molecular complexity index is 958. The van der Waals surface area contributed by atoms with Crippen molar-refractivity contribution < 1.29 is 22.7 Å². The predicted molar refractivity (Wildman–Crippen MR) is 109 cm³/mol.